The van der Waals surface area contributed by atoms with E-state index in [4.69, 9.17) is 4.74 Å². The van der Waals surface area contributed by atoms with Crippen LogP contribution in [-0.2, 0) is 4.74 Å². The second-order valence-electron chi connectivity index (χ2n) is 7.59. The highest BCUT2D eigenvalue weighted by Gasteiger charge is 2.06. The molecule has 1 aromatic carbocycles. The maximum absolute atomic E-state index is 12.8. The maximum Gasteiger partial charge on any atom is 0.338 e. The second-order valence-corrected chi connectivity index (χ2v) is 7.59. The molecule has 154 valence electrons. The summed E-state index contributed by atoms with van der Waals surface area (Å²) < 4.78 is 18.0. The van der Waals surface area contributed by atoms with Gasteiger partial charge in [-0.05, 0) is 30.7 Å². The third kappa shape index (κ3) is 13.4. The van der Waals surface area contributed by atoms with E-state index in [0.29, 0.717) is 12.2 Å². The molecule has 0 heterocycles. The number of hydrogen-bond acceptors (Lipinski definition) is 2. The Morgan fingerprint density at radius 2 is 1.11 bits per heavy atom. The van der Waals surface area contributed by atoms with Crippen molar-refractivity contribution in [2.75, 3.05) is 6.61 Å². The van der Waals surface area contributed by atoms with Crippen molar-refractivity contribution in [2.24, 2.45) is 0 Å². The molecule has 0 saturated carbocycles. The number of halogens is 1. The van der Waals surface area contributed by atoms with Gasteiger partial charge in [0.2, 0.25) is 0 Å². The molecular formula is C24H39FO2. The van der Waals surface area contributed by atoms with E-state index in [-0.39, 0.29) is 11.8 Å². The van der Waals surface area contributed by atoms with Gasteiger partial charge in [-0.25, -0.2) is 9.18 Å². The number of rotatable bonds is 17. The topological polar surface area (TPSA) is 26.3 Å². The first-order chi connectivity index (χ1) is 13.2. The van der Waals surface area contributed by atoms with Crippen molar-refractivity contribution in [3.8, 4) is 0 Å². The van der Waals surface area contributed by atoms with Crippen molar-refractivity contribution in [1.29, 1.82) is 0 Å². The zero-order chi connectivity index (χ0) is 19.6. The molecule has 0 bridgehead atoms. The van der Waals surface area contributed by atoms with E-state index < -0.39 is 0 Å². The smallest absolute Gasteiger partial charge is 0.338 e. The Hall–Kier alpha value is -1.38. The predicted molar refractivity (Wildman–Crippen MR) is 112 cm³/mol. The number of hydrogen-bond donors (Lipinski definition) is 0. The number of unbranched alkanes of at least 4 members (excludes halogenated alkanes) is 14. The molecule has 3 heteroatoms. The Kier molecular flexibility index (Phi) is 14.7. The van der Waals surface area contributed by atoms with Crippen LogP contribution < -0.4 is 0 Å². The lowest BCUT2D eigenvalue weighted by atomic mass is 10.0. The highest BCUT2D eigenvalue weighted by atomic mass is 19.1. The maximum atomic E-state index is 12.8. The van der Waals surface area contributed by atoms with Crippen LogP contribution in [0.25, 0.3) is 0 Å². The molecule has 0 aliphatic heterocycles. The Bertz CT molecular complexity index is 470. The van der Waals surface area contributed by atoms with Gasteiger partial charge < -0.3 is 4.74 Å². The molecule has 0 amide bonds. The van der Waals surface area contributed by atoms with E-state index in [1.807, 2.05) is 0 Å². The van der Waals surface area contributed by atoms with Gasteiger partial charge in [-0.15, -0.1) is 0 Å². The molecule has 0 N–H and O–H groups in total. The summed E-state index contributed by atoms with van der Waals surface area (Å²) in [6.07, 6.45) is 19.8. The Balaban J connectivity index is 1.80. The summed E-state index contributed by atoms with van der Waals surface area (Å²) >= 11 is 0. The molecule has 0 fully saturated rings. The molecule has 0 aromatic heterocycles. The summed E-state index contributed by atoms with van der Waals surface area (Å²) in [5.41, 5.74) is 0.414. The van der Waals surface area contributed by atoms with Gasteiger partial charge in [0.1, 0.15) is 5.82 Å². The summed E-state index contributed by atoms with van der Waals surface area (Å²) in [6, 6.07) is 5.49. The summed E-state index contributed by atoms with van der Waals surface area (Å²) in [6.45, 7) is 2.72. The normalized spacial score (nSPS) is 10.9. The molecule has 0 unspecified atom stereocenters. The summed E-state index contributed by atoms with van der Waals surface area (Å²) in [5.74, 6) is -0.700. The largest absolute Gasteiger partial charge is 0.462 e. The van der Waals surface area contributed by atoms with Gasteiger partial charge in [-0.3, -0.25) is 0 Å². The number of benzene rings is 1. The lowest BCUT2D eigenvalue weighted by molar-refractivity contribution is 0.0497. The average Bonchev–Trinajstić information content (AvgIpc) is 2.68. The Morgan fingerprint density at radius 1 is 0.704 bits per heavy atom. The number of carbonyl (C=O) groups is 1. The van der Waals surface area contributed by atoms with Crippen molar-refractivity contribution in [2.45, 2.75) is 103 Å². The van der Waals surface area contributed by atoms with E-state index in [1.165, 1.54) is 108 Å². The van der Waals surface area contributed by atoms with Crippen LogP contribution in [0.1, 0.15) is 114 Å². The zero-order valence-electron chi connectivity index (χ0n) is 17.3. The summed E-state index contributed by atoms with van der Waals surface area (Å²) in [4.78, 5) is 11.8. The van der Waals surface area contributed by atoms with E-state index in [9.17, 15) is 9.18 Å². The zero-order valence-corrected chi connectivity index (χ0v) is 17.3. The first kappa shape index (κ1) is 23.7. The van der Waals surface area contributed by atoms with E-state index in [1.54, 1.807) is 0 Å². The molecule has 27 heavy (non-hydrogen) atoms. The molecule has 0 aliphatic carbocycles. The number of carbonyl (C=O) groups excluding carboxylic acids is 1. The molecular weight excluding hydrogens is 339 g/mol. The lowest BCUT2D eigenvalue weighted by Crippen LogP contribution is -2.06. The number of ether oxygens (including phenoxy) is 1. The minimum Gasteiger partial charge on any atom is -0.462 e. The fourth-order valence-electron chi connectivity index (χ4n) is 3.31. The molecule has 0 saturated heterocycles. The SMILES string of the molecule is CCCCCCCCCCCCCCCCCOC(=O)c1ccc(F)cc1. The van der Waals surface area contributed by atoms with Crippen LogP contribution in [-0.4, -0.2) is 12.6 Å². The van der Waals surface area contributed by atoms with Gasteiger partial charge in [-0.1, -0.05) is 96.8 Å². The van der Waals surface area contributed by atoms with Gasteiger partial charge in [-0.2, -0.15) is 0 Å². The fraction of sp³-hybridized carbons (Fsp3) is 0.708. The standard InChI is InChI=1S/C24H39FO2/c1-2-3-4-5-6-7-8-9-10-11-12-13-14-15-16-21-27-24(26)22-17-19-23(25)20-18-22/h17-20H,2-16,21H2,1H3. The quantitative estimate of drug-likeness (QED) is 0.204. The lowest BCUT2D eigenvalue weighted by Gasteiger charge is -2.05. The Morgan fingerprint density at radius 3 is 1.56 bits per heavy atom. The fourth-order valence-corrected chi connectivity index (χ4v) is 3.31. The van der Waals surface area contributed by atoms with Crippen molar-refractivity contribution < 1.29 is 13.9 Å². The molecule has 0 spiro atoms. The van der Waals surface area contributed by atoms with Crippen molar-refractivity contribution >= 4 is 5.97 Å². The van der Waals surface area contributed by atoms with Crippen LogP contribution in [0, 0.1) is 5.82 Å². The van der Waals surface area contributed by atoms with Gasteiger partial charge in [0.25, 0.3) is 0 Å². The van der Waals surface area contributed by atoms with E-state index >= 15 is 0 Å². The highest BCUT2D eigenvalue weighted by molar-refractivity contribution is 5.89. The molecule has 1 aromatic rings. The molecule has 2 nitrogen and oxygen atoms in total. The number of esters is 1. The van der Waals surface area contributed by atoms with Crippen molar-refractivity contribution in [3.05, 3.63) is 35.6 Å². The first-order valence-corrected chi connectivity index (χ1v) is 11.2. The molecule has 0 atom stereocenters. The van der Waals surface area contributed by atoms with E-state index in [2.05, 4.69) is 6.92 Å². The highest BCUT2D eigenvalue weighted by Crippen LogP contribution is 2.13. The van der Waals surface area contributed by atoms with Crippen molar-refractivity contribution in [3.63, 3.8) is 0 Å². The third-order valence-electron chi connectivity index (χ3n) is 5.06. The molecule has 0 radical (unpaired) electrons. The predicted octanol–water partition coefficient (Wildman–Crippen LogP) is 7.85. The monoisotopic (exact) mass is 378 g/mol. The van der Waals surface area contributed by atoms with Crippen LogP contribution >= 0.6 is 0 Å². The van der Waals surface area contributed by atoms with Crippen LogP contribution in [0.3, 0.4) is 0 Å². The second kappa shape index (κ2) is 16.8. The van der Waals surface area contributed by atoms with Gasteiger partial charge >= 0.3 is 5.97 Å². The minimum atomic E-state index is -0.361. The summed E-state index contributed by atoms with van der Waals surface area (Å²) in [7, 11) is 0. The van der Waals surface area contributed by atoms with Crippen LogP contribution in [0.5, 0.6) is 0 Å². The van der Waals surface area contributed by atoms with Gasteiger partial charge in [0.05, 0.1) is 12.2 Å². The van der Waals surface area contributed by atoms with E-state index in [0.717, 1.165) is 12.8 Å². The van der Waals surface area contributed by atoms with Gasteiger partial charge in [0.15, 0.2) is 0 Å². The minimum absolute atomic E-state index is 0.339. The third-order valence-corrected chi connectivity index (χ3v) is 5.06. The Labute approximate surface area is 165 Å². The molecule has 1 rings (SSSR count). The average molecular weight is 379 g/mol. The van der Waals surface area contributed by atoms with Crippen molar-refractivity contribution in [1.82, 2.24) is 0 Å². The first-order valence-electron chi connectivity index (χ1n) is 11.2. The summed E-state index contributed by atoms with van der Waals surface area (Å²) in [5, 5.41) is 0. The molecule has 0 aliphatic rings. The van der Waals surface area contributed by atoms with Gasteiger partial charge in [0, 0.05) is 0 Å². The van der Waals surface area contributed by atoms with Crippen LogP contribution in [0.15, 0.2) is 24.3 Å². The van der Waals surface area contributed by atoms with Crippen LogP contribution in [0.4, 0.5) is 4.39 Å². The van der Waals surface area contributed by atoms with Crippen LogP contribution in [0.2, 0.25) is 0 Å².